The molecule has 1 heterocycles. The third kappa shape index (κ3) is 3.87. The fourth-order valence-corrected chi connectivity index (χ4v) is 18.7. The van der Waals surface area contributed by atoms with Crippen molar-refractivity contribution >= 4 is 36.1 Å². The Morgan fingerprint density at radius 1 is 0.692 bits per heavy atom. The molecule has 0 amide bonds. The highest BCUT2D eigenvalue weighted by atomic mass is 28.5. The maximum Gasteiger partial charge on any atom is 0.416 e. The Hall–Kier alpha value is -1.24. The lowest BCUT2D eigenvalue weighted by atomic mass is 10.2. The van der Waals surface area contributed by atoms with Gasteiger partial charge in [0, 0.05) is 0 Å². The van der Waals surface area contributed by atoms with Crippen LogP contribution in [-0.4, -0.2) is 25.7 Å². The molecule has 140 valence electrons. The lowest BCUT2D eigenvalue weighted by Crippen LogP contribution is -2.76. The molecule has 0 unspecified atom stereocenters. The molecule has 0 atom stereocenters. The van der Waals surface area contributed by atoms with Gasteiger partial charge in [-0.2, -0.15) is 13.2 Å². The SMILES string of the molecule is C[Si]1(C)O[Si](C)(C)O[Si](c2ccccc2)(c2cccc(C(F)(F)F)c2)O1. The van der Waals surface area contributed by atoms with Crippen molar-refractivity contribution in [2.45, 2.75) is 32.4 Å². The van der Waals surface area contributed by atoms with Crippen LogP contribution >= 0.6 is 0 Å². The molecule has 1 fully saturated rings. The van der Waals surface area contributed by atoms with Gasteiger partial charge in [0.2, 0.25) is 0 Å². The lowest BCUT2D eigenvalue weighted by molar-refractivity contribution is -0.137. The summed E-state index contributed by atoms with van der Waals surface area (Å²) >= 11 is 0. The van der Waals surface area contributed by atoms with Gasteiger partial charge in [-0.3, -0.25) is 0 Å². The van der Waals surface area contributed by atoms with E-state index in [0.29, 0.717) is 5.19 Å². The Kier molecular flexibility index (Phi) is 4.83. The Bertz CT molecular complexity index is 779. The summed E-state index contributed by atoms with van der Waals surface area (Å²) in [5.41, 5.74) is -0.699. The van der Waals surface area contributed by atoms with Crippen molar-refractivity contribution in [3.05, 3.63) is 60.2 Å². The van der Waals surface area contributed by atoms with E-state index in [9.17, 15) is 13.2 Å². The second kappa shape index (κ2) is 6.43. The number of hydrogen-bond acceptors (Lipinski definition) is 3. The molecule has 3 rings (SSSR count). The average Bonchev–Trinajstić information content (AvgIpc) is 2.52. The highest BCUT2D eigenvalue weighted by molar-refractivity contribution is 7.04. The molecular formula is C17H21F3O3Si3. The molecule has 0 aromatic heterocycles. The molecule has 1 saturated heterocycles. The monoisotopic (exact) mass is 414 g/mol. The van der Waals surface area contributed by atoms with Gasteiger partial charge in [0.1, 0.15) is 0 Å². The first-order chi connectivity index (χ1) is 11.9. The molecule has 0 spiro atoms. The second-order valence-electron chi connectivity index (χ2n) is 7.17. The molecule has 3 nitrogen and oxygen atoms in total. The van der Waals surface area contributed by atoms with E-state index in [0.717, 1.165) is 11.3 Å². The van der Waals surface area contributed by atoms with Gasteiger partial charge in [0.05, 0.1) is 5.56 Å². The largest absolute Gasteiger partial charge is 0.416 e. The minimum atomic E-state index is -4.42. The van der Waals surface area contributed by atoms with Gasteiger partial charge in [0.15, 0.2) is 0 Å². The summed E-state index contributed by atoms with van der Waals surface area (Å²) in [5, 5.41) is 1.26. The number of hydrogen-bond donors (Lipinski definition) is 0. The summed E-state index contributed by atoms with van der Waals surface area (Å²) in [6.45, 7) is 7.68. The summed E-state index contributed by atoms with van der Waals surface area (Å²) in [6, 6.07) is 14.6. The molecule has 26 heavy (non-hydrogen) atoms. The average molecular weight is 415 g/mol. The Balaban J connectivity index is 2.23. The fourth-order valence-electron chi connectivity index (χ4n) is 3.31. The van der Waals surface area contributed by atoms with Gasteiger partial charge in [-0.05, 0) is 42.6 Å². The Morgan fingerprint density at radius 2 is 1.23 bits per heavy atom. The minimum absolute atomic E-state index is 0.461. The highest BCUT2D eigenvalue weighted by Gasteiger charge is 2.58. The van der Waals surface area contributed by atoms with Crippen molar-refractivity contribution in [1.29, 1.82) is 0 Å². The van der Waals surface area contributed by atoms with Crippen molar-refractivity contribution < 1.29 is 25.5 Å². The van der Waals surface area contributed by atoms with E-state index in [1.807, 2.05) is 56.5 Å². The predicted octanol–water partition coefficient (Wildman–Crippen LogP) is 3.73. The Morgan fingerprint density at radius 3 is 1.77 bits per heavy atom. The van der Waals surface area contributed by atoms with E-state index < -0.39 is 37.4 Å². The predicted molar refractivity (Wildman–Crippen MR) is 101 cm³/mol. The van der Waals surface area contributed by atoms with Crippen molar-refractivity contribution in [2.75, 3.05) is 0 Å². The molecule has 2 aromatic rings. The number of alkyl halides is 3. The van der Waals surface area contributed by atoms with Gasteiger partial charge >= 0.3 is 31.9 Å². The maximum atomic E-state index is 13.3. The number of halogens is 3. The molecule has 0 radical (unpaired) electrons. The van der Waals surface area contributed by atoms with Crippen LogP contribution in [0, 0.1) is 0 Å². The molecule has 9 heteroatoms. The summed E-state index contributed by atoms with van der Waals surface area (Å²) in [4.78, 5) is 0. The topological polar surface area (TPSA) is 27.7 Å². The number of rotatable bonds is 2. The van der Waals surface area contributed by atoms with Crippen LogP contribution in [0.3, 0.4) is 0 Å². The summed E-state index contributed by atoms with van der Waals surface area (Å²) < 4.78 is 58.9. The molecular weight excluding hydrogens is 393 g/mol. The van der Waals surface area contributed by atoms with E-state index >= 15 is 0 Å². The summed E-state index contributed by atoms with van der Waals surface area (Å²) in [6.07, 6.45) is -4.42. The van der Waals surface area contributed by atoms with E-state index in [-0.39, 0.29) is 0 Å². The first-order valence-corrected chi connectivity index (χ1v) is 15.7. The quantitative estimate of drug-likeness (QED) is 0.701. The third-order valence-electron chi connectivity index (χ3n) is 3.99. The van der Waals surface area contributed by atoms with Crippen LogP contribution in [0.5, 0.6) is 0 Å². The second-order valence-corrected chi connectivity index (χ2v) is 17.6. The molecule has 2 aromatic carbocycles. The van der Waals surface area contributed by atoms with E-state index in [4.69, 9.17) is 12.3 Å². The van der Waals surface area contributed by atoms with Gasteiger partial charge in [-0.25, -0.2) is 0 Å². The first-order valence-electron chi connectivity index (χ1n) is 8.27. The zero-order chi connectivity index (χ0) is 19.2. The van der Waals surface area contributed by atoms with Crippen molar-refractivity contribution in [2.24, 2.45) is 0 Å². The molecule has 0 aliphatic carbocycles. The summed E-state index contributed by atoms with van der Waals surface area (Å²) in [5.74, 6) is 0. The molecule has 0 bridgehead atoms. The van der Waals surface area contributed by atoms with Crippen LogP contribution in [0.15, 0.2) is 54.6 Å². The fraction of sp³-hybridized carbons (Fsp3) is 0.294. The van der Waals surface area contributed by atoms with E-state index in [2.05, 4.69) is 0 Å². The first kappa shape index (κ1) is 19.5. The lowest BCUT2D eigenvalue weighted by Gasteiger charge is -2.49. The van der Waals surface area contributed by atoms with Crippen LogP contribution in [0.1, 0.15) is 5.56 Å². The van der Waals surface area contributed by atoms with Crippen molar-refractivity contribution in [3.8, 4) is 0 Å². The van der Waals surface area contributed by atoms with E-state index in [1.165, 1.54) is 12.1 Å². The zero-order valence-electron chi connectivity index (χ0n) is 15.1. The van der Waals surface area contributed by atoms with Gasteiger partial charge in [0.25, 0.3) is 0 Å². The molecule has 1 aliphatic heterocycles. The summed E-state index contributed by atoms with van der Waals surface area (Å²) in [7, 11) is -8.46. The minimum Gasteiger partial charge on any atom is -0.416 e. The van der Waals surface area contributed by atoms with Crippen molar-refractivity contribution in [1.82, 2.24) is 0 Å². The van der Waals surface area contributed by atoms with Crippen molar-refractivity contribution in [3.63, 3.8) is 0 Å². The zero-order valence-corrected chi connectivity index (χ0v) is 18.1. The molecule has 0 saturated carbocycles. The van der Waals surface area contributed by atoms with Crippen LogP contribution in [0.4, 0.5) is 13.2 Å². The normalized spacial score (nSPS) is 21.3. The van der Waals surface area contributed by atoms with Crippen LogP contribution < -0.4 is 10.4 Å². The van der Waals surface area contributed by atoms with Gasteiger partial charge < -0.3 is 12.3 Å². The van der Waals surface area contributed by atoms with Gasteiger partial charge in [-0.1, -0.05) is 48.5 Å². The Labute approximate surface area is 154 Å². The van der Waals surface area contributed by atoms with Crippen LogP contribution in [-0.2, 0) is 18.5 Å². The van der Waals surface area contributed by atoms with E-state index in [1.54, 1.807) is 6.07 Å². The van der Waals surface area contributed by atoms with Crippen LogP contribution in [0.2, 0.25) is 26.2 Å². The highest BCUT2D eigenvalue weighted by Crippen LogP contribution is 2.33. The maximum absolute atomic E-state index is 13.3. The van der Waals surface area contributed by atoms with Crippen LogP contribution in [0.25, 0.3) is 0 Å². The molecule has 1 aliphatic rings. The smallest absolute Gasteiger partial charge is 0.416 e. The van der Waals surface area contributed by atoms with Gasteiger partial charge in [-0.15, -0.1) is 0 Å². The third-order valence-corrected chi connectivity index (χ3v) is 16.3. The standard InChI is InChI=1S/C17H21F3O3Si3/c1-24(2)21-25(3,4)23-26(22-24,15-10-6-5-7-11-15)16-12-8-9-14(13-16)17(18,19)20/h5-13H,1-4H3. The number of benzene rings is 2. The molecule has 0 N–H and O–H groups in total.